The highest BCUT2D eigenvalue weighted by molar-refractivity contribution is 7.84. The van der Waals surface area contributed by atoms with Crippen molar-refractivity contribution in [1.29, 1.82) is 0 Å². The lowest BCUT2D eigenvalue weighted by Gasteiger charge is -2.09. The molecule has 0 aliphatic carbocycles. The van der Waals surface area contributed by atoms with Gasteiger partial charge in [0, 0.05) is 35.9 Å². The first-order valence-electron chi connectivity index (χ1n) is 6.33. The summed E-state index contributed by atoms with van der Waals surface area (Å²) in [5.41, 5.74) is -0.154. The Morgan fingerprint density at radius 1 is 1.30 bits per heavy atom. The average molecular weight is 301 g/mol. The van der Waals surface area contributed by atoms with Gasteiger partial charge in [-0.1, -0.05) is 6.92 Å². The lowest BCUT2D eigenvalue weighted by Crippen LogP contribution is -2.12. The summed E-state index contributed by atoms with van der Waals surface area (Å²) in [5.74, 6) is 0.950. The second-order valence-electron chi connectivity index (χ2n) is 4.16. The van der Waals surface area contributed by atoms with Crippen molar-refractivity contribution in [2.24, 2.45) is 0 Å². The zero-order chi connectivity index (χ0) is 15.0. The minimum absolute atomic E-state index is 0.154. The third kappa shape index (κ3) is 5.08. The Bertz CT molecular complexity index is 483. The van der Waals surface area contributed by atoms with Gasteiger partial charge in [-0.05, 0) is 12.8 Å². The minimum atomic E-state index is -0.865. The maximum atomic E-state index is 11.1. The van der Waals surface area contributed by atoms with Gasteiger partial charge in [-0.25, -0.2) is 9.97 Å². The molecule has 20 heavy (non-hydrogen) atoms. The monoisotopic (exact) mass is 301 g/mol. The first-order chi connectivity index (χ1) is 9.56. The fourth-order valence-corrected chi connectivity index (χ4v) is 2.09. The van der Waals surface area contributed by atoms with Crippen molar-refractivity contribution >= 4 is 28.1 Å². The first kappa shape index (κ1) is 16.3. The quantitative estimate of drug-likeness (QED) is 0.403. The van der Waals surface area contributed by atoms with E-state index in [2.05, 4.69) is 20.6 Å². The van der Waals surface area contributed by atoms with E-state index in [9.17, 15) is 14.3 Å². The predicted molar refractivity (Wildman–Crippen MR) is 79.5 cm³/mol. The number of hydrogen-bond donors (Lipinski definition) is 2. The molecule has 1 heterocycles. The second-order valence-corrected chi connectivity index (χ2v) is 5.72. The van der Waals surface area contributed by atoms with Gasteiger partial charge in [0.25, 0.3) is 0 Å². The predicted octanol–water partition coefficient (Wildman–Crippen LogP) is 1.39. The molecule has 8 nitrogen and oxygen atoms in total. The van der Waals surface area contributed by atoms with Crippen LogP contribution in [0.25, 0.3) is 0 Å². The highest BCUT2D eigenvalue weighted by atomic mass is 32.2. The van der Waals surface area contributed by atoms with Crippen LogP contribution in [0, 0.1) is 10.1 Å². The SMILES string of the molecule is CCCNc1ncnc(NCCCS(C)=O)c1[N+](=O)[O-]. The fraction of sp³-hybridized carbons (Fsp3) is 0.636. The van der Waals surface area contributed by atoms with E-state index in [1.807, 2.05) is 6.92 Å². The lowest BCUT2D eigenvalue weighted by atomic mass is 10.4. The van der Waals surface area contributed by atoms with E-state index in [1.165, 1.54) is 6.33 Å². The lowest BCUT2D eigenvalue weighted by molar-refractivity contribution is -0.383. The van der Waals surface area contributed by atoms with Crippen LogP contribution in [0.4, 0.5) is 17.3 Å². The average Bonchev–Trinajstić information content (AvgIpc) is 2.40. The number of aromatic nitrogens is 2. The van der Waals surface area contributed by atoms with E-state index in [0.29, 0.717) is 25.3 Å². The van der Waals surface area contributed by atoms with E-state index in [4.69, 9.17) is 0 Å². The number of anilines is 2. The molecule has 1 aromatic rings. The van der Waals surface area contributed by atoms with Crippen LogP contribution in [-0.4, -0.2) is 44.2 Å². The van der Waals surface area contributed by atoms with Crippen molar-refractivity contribution in [2.45, 2.75) is 19.8 Å². The molecule has 1 aromatic heterocycles. The molecule has 1 unspecified atom stereocenters. The summed E-state index contributed by atoms with van der Waals surface area (Å²) in [7, 11) is -0.865. The standard InChI is InChI=1S/C11H19N5O3S/c1-3-5-12-10-9(16(17)18)11(15-8-14-10)13-6-4-7-20(2)19/h8H,3-7H2,1-2H3,(H2,12,13,14,15). The van der Waals surface area contributed by atoms with Gasteiger partial charge in [-0.3, -0.25) is 14.3 Å². The van der Waals surface area contributed by atoms with Gasteiger partial charge in [0.1, 0.15) is 6.33 Å². The molecule has 9 heteroatoms. The van der Waals surface area contributed by atoms with E-state index in [1.54, 1.807) is 6.26 Å². The summed E-state index contributed by atoms with van der Waals surface area (Å²) >= 11 is 0. The maximum Gasteiger partial charge on any atom is 0.353 e. The Morgan fingerprint density at radius 2 is 1.90 bits per heavy atom. The van der Waals surface area contributed by atoms with E-state index in [-0.39, 0.29) is 17.3 Å². The Kier molecular flexibility index (Phi) is 6.85. The van der Waals surface area contributed by atoms with Crippen molar-refractivity contribution in [1.82, 2.24) is 9.97 Å². The van der Waals surface area contributed by atoms with Gasteiger partial charge in [0.2, 0.25) is 11.6 Å². The van der Waals surface area contributed by atoms with Crippen molar-refractivity contribution in [3.05, 3.63) is 16.4 Å². The van der Waals surface area contributed by atoms with Crippen LogP contribution in [0.15, 0.2) is 6.33 Å². The molecule has 0 bridgehead atoms. The third-order valence-electron chi connectivity index (χ3n) is 2.45. The zero-order valence-electron chi connectivity index (χ0n) is 11.6. The third-order valence-corrected chi connectivity index (χ3v) is 3.31. The molecule has 0 amide bonds. The molecule has 0 radical (unpaired) electrons. The molecule has 0 spiro atoms. The highest BCUT2D eigenvalue weighted by Gasteiger charge is 2.22. The van der Waals surface area contributed by atoms with Crippen LogP contribution in [0.1, 0.15) is 19.8 Å². The van der Waals surface area contributed by atoms with Crippen LogP contribution in [0.2, 0.25) is 0 Å². The molecule has 112 valence electrons. The summed E-state index contributed by atoms with van der Waals surface area (Å²) in [6.07, 6.45) is 4.40. The van der Waals surface area contributed by atoms with Gasteiger partial charge < -0.3 is 10.6 Å². The topological polar surface area (TPSA) is 110 Å². The Hall–Kier alpha value is -1.77. The summed E-state index contributed by atoms with van der Waals surface area (Å²) in [6.45, 7) is 3.04. The van der Waals surface area contributed by atoms with Gasteiger partial charge in [-0.2, -0.15) is 0 Å². The molecular weight excluding hydrogens is 282 g/mol. The van der Waals surface area contributed by atoms with Crippen molar-refractivity contribution in [2.75, 3.05) is 35.7 Å². The van der Waals surface area contributed by atoms with Crippen molar-refractivity contribution < 1.29 is 9.13 Å². The molecule has 0 aromatic carbocycles. The van der Waals surface area contributed by atoms with Crippen LogP contribution in [0.5, 0.6) is 0 Å². The summed E-state index contributed by atoms with van der Waals surface area (Å²) in [4.78, 5) is 18.4. The Labute approximate surface area is 120 Å². The van der Waals surface area contributed by atoms with Crippen LogP contribution in [0.3, 0.4) is 0 Å². The Morgan fingerprint density at radius 3 is 2.40 bits per heavy atom. The van der Waals surface area contributed by atoms with Gasteiger partial charge in [0.05, 0.1) is 4.92 Å². The largest absolute Gasteiger partial charge is 0.364 e. The summed E-state index contributed by atoms with van der Waals surface area (Å²) < 4.78 is 10.9. The molecule has 1 atom stereocenters. The van der Waals surface area contributed by atoms with Crippen LogP contribution in [-0.2, 0) is 10.8 Å². The van der Waals surface area contributed by atoms with Crippen LogP contribution >= 0.6 is 0 Å². The van der Waals surface area contributed by atoms with Crippen molar-refractivity contribution in [3.63, 3.8) is 0 Å². The number of rotatable bonds is 9. The number of hydrogen-bond acceptors (Lipinski definition) is 7. The normalized spacial score (nSPS) is 11.9. The molecular formula is C11H19N5O3S. The molecule has 2 N–H and O–H groups in total. The minimum Gasteiger partial charge on any atom is -0.364 e. The van der Waals surface area contributed by atoms with Crippen molar-refractivity contribution in [3.8, 4) is 0 Å². The summed E-state index contributed by atoms with van der Waals surface area (Å²) in [6, 6.07) is 0. The molecule has 0 aliphatic heterocycles. The van der Waals surface area contributed by atoms with Gasteiger partial charge >= 0.3 is 5.69 Å². The second kappa shape index (κ2) is 8.41. The van der Waals surface area contributed by atoms with E-state index >= 15 is 0 Å². The molecule has 0 fully saturated rings. The van der Waals surface area contributed by atoms with E-state index in [0.717, 1.165) is 6.42 Å². The fourth-order valence-electron chi connectivity index (χ4n) is 1.54. The Balaban J connectivity index is 2.78. The first-order valence-corrected chi connectivity index (χ1v) is 8.06. The molecule has 0 saturated heterocycles. The van der Waals surface area contributed by atoms with E-state index < -0.39 is 15.7 Å². The van der Waals surface area contributed by atoms with Gasteiger partial charge in [0.15, 0.2) is 0 Å². The molecule has 1 rings (SSSR count). The number of nitro groups is 1. The highest BCUT2D eigenvalue weighted by Crippen LogP contribution is 2.28. The smallest absolute Gasteiger partial charge is 0.353 e. The molecule has 0 saturated carbocycles. The van der Waals surface area contributed by atoms with Gasteiger partial charge in [-0.15, -0.1) is 0 Å². The molecule has 0 aliphatic rings. The summed E-state index contributed by atoms with van der Waals surface area (Å²) in [5, 5.41) is 17.0. The number of nitrogens with one attached hydrogen (secondary N) is 2. The maximum absolute atomic E-state index is 11.1. The van der Waals surface area contributed by atoms with Crippen LogP contribution < -0.4 is 10.6 Å². The number of nitrogens with zero attached hydrogens (tertiary/aromatic N) is 3. The zero-order valence-corrected chi connectivity index (χ0v) is 12.4.